The number of aromatic nitrogens is 3. The third-order valence-electron chi connectivity index (χ3n) is 6.96. The van der Waals surface area contributed by atoms with Crippen LogP contribution in [0.1, 0.15) is 42.6 Å². The van der Waals surface area contributed by atoms with Gasteiger partial charge < -0.3 is 19.5 Å². The van der Waals surface area contributed by atoms with Crippen LogP contribution in [0.5, 0.6) is 0 Å². The molecule has 2 saturated heterocycles. The van der Waals surface area contributed by atoms with Gasteiger partial charge in [0.1, 0.15) is 17.2 Å². The average Bonchev–Trinajstić information content (AvgIpc) is 3.26. The number of ether oxygens (including phenoxy) is 1. The summed E-state index contributed by atoms with van der Waals surface area (Å²) in [6, 6.07) is 4.16. The Hall–Kier alpha value is -2.65. The van der Waals surface area contributed by atoms with Gasteiger partial charge in [-0.2, -0.15) is 4.98 Å². The second kappa shape index (κ2) is 9.92. The fraction of sp³-hybridized carbons (Fsp3) is 0.560. The van der Waals surface area contributed by atoms with Gasteiger partial charge in [-0.15, -0.1) is 0 Å². The largest absolute Gasteiger partial charge is 0.381 e. The van der Waals surface area contributed by atoms with Crippen LogP contribution in [0.25, 0.3) is 22.4 Å². The lowest BCUT2D eigenvalue weighted by Crippen LogP contribution is -2.48. The van der Waals surface area contributed by atoms with Gasteiger partial charge >= 0.3 is 0 Å². The molecule has 1 aromatic carbocycles. The van der Waals surface area contributed by atoms with Gasteiger partial charge in [-0.25, -0.2) is 9.37 Å². The van der Waals surface area contributed by atoms with Crippen molar-refractivity contribution in [3.8, 4) is 11.5 Å². The maximum Gasteiger partial charge on any atom is 0.261 e. The van der Waals surface area contributed by atoms with E-state index in [-0.39, 0.29) is 11.9 Å². The summed E-state index contributed by atoms with van der Waals surface area (Å²) in [5.74, 6) is 1.13. The lowest BCUT2D eigenvalue weighted by Gasteiger charge is -2.37. The minimum atomic E-state index is -0.540. The first-order valence-electron chi connectivity index (χ1n) is 12.1. The zero-order valence-electron chi connectivity index (χ0n) is 19.7. The number of pyridine rings is 1. The Morgan fingerprint density at radius 3 is 2.47 bits per heavy atom. The number of halogens is 2. The highest BCUT2D eigenvalue weighted by Crippen LogP contribution is 2.38. The molecule has 1 N–H and O–H groups in total. The molecule has 3 aromatic rings. The first kappa shape index (κ1) is 23.1. The van der Waals surface area contributed by atoms with Crippen LogP contribution in [0.2, 0.25) is 0 Å². The third-order valence-corrected chi connectivity index (χ3v) is 6.96. The van der Waals surface area contributed by atoms with Gasteiger partial charge in [-0.05, 0) is 62.8 Å². The Balaban J connectivity index is 1.48. The summed E-state index contributed by atoms with van der Waals surface area (Å²) in [5.41, 5.74) is 2.43. The first-order chi connectivity index (χ1) is 16.5. The second-order valence-electron chi connectivity index (χ2n) is 9.31. The van der Waals surface area contributed by atoms with Crippen molar-refractivity contribution in [3.63, 3.8) is 0 Å². The average molecular weight is 472 g/mol. The van der Waals surface area contributed by atoms with Crippen LogP contribution in [0.3, 0.4) is 0 Å². The standard InChI is InChI=1S/C25H31F2N5O2/c1-15-20-13-17(3-8-26)14-21(27)23(20)30-24(22(15)25-28-16(2)31-34-25)32-9-4-18(5-10-32)29-19-6-11-33-12-7-19/h13-14,18-19,29H,3-12H2,1-2H3. The SMILES string of the molecule is Cc1noc(-c2c(N3CCC(NC4CCOCC4)CC3)nc3c(F)cc(CCF)cc3c2C)n1. The van der Waals surface area contributed by atoms with E-state index >= 15 is 4.39 Å². The second-order valence-corrected chi connectivity index (χ2v) is 9.31. The van der Waals surface area contributed by atoms with E-state index in [0.717, 1.165) is 63.1 Å². The molecule has 2 aliphatic rings. The van der Waals surface area contributed by atoms with Gasteiger partial charge in [-0.1, -0.05) is 5.16 Å². The number of fused-ring (bicyclic) bond motifs is 1. The molecule has 0 radical (unpaired) electrons. The van der Waals surface area contributed by atoms with Gasteiger partial charge in [0.2, 0.25) is 0 Å². The molecule has 4 heterocycles. The summed E-state index contributed by atoms with van der Waals surface area (Å²) in [6.07, 6.45) is 4.20. The predicted octanol–water partition coefficient (Wildman–Crippen LogP) is 4.29. The molecule has 7 nitrogen and oxygen atoms in total. The third kappa shape index (κ3) is 4.63. The number of aryl methyl sites for hydroxylation is 3. The lowest BCUT2D eigenvalue weighted by molar-refractivity contribution is 0.0738. The molecule has 2 aliphatic heterocycles. The monoisotopic (exact) mass is 471 g/mol. The van der Waals surface area contributed by atoms with Crippen LogP contribution in [0, 0.1) is 19.7 Å². The smallest absolute Gasteiger partial charge is 0.261 e. The van der Waals surface area contributed by atoms with Crippen LogP contribution in [-0.2, 0) is 11.2 Å². The fourth-order valence-electron chi connectivity index (χ4n) is 5.11. The van der Waals surface area contributed by atoms with E-state index in [1.807, 2.05) is 13.0 Å². The predicted molar refractivity (Wildman–Crippen MR) is 126 cm³/mol. The van der Waals surface area contributed by atoms with Gasteiger partial charge in [0, 0.05) is 50.2 Å². The molecule has 0 spiro atoms. The molecule has 0 bridgehead atoms. The van der Waals surface area contributed by atoms with Crippen LogP contribution >= 0.6 is 0 Å². The summed E-state index contributed by atoms with van der Waals surface area (Å²) in [7, 11) is 0. The highest BCUT2D eigenvalue weighted by atomic mass is 19.1. The Labute approximate surface area is 197 Å². The number of hydrogen-bond acceptors (Lipinski definition) is 7. The number of alkyl halides is 1. The van der Waals surface area contributed by atoms with E-state index in [9.17, 15) is 4.39 Å². The Morgan fingerprint density at radius 1 is 1.06 bits per heavy atom. The van der Waals surface area contributed by atoms with Gasteiger partial charge in [0.15, 0.2) is 5.82 Å². The molecule has 0 amide bonds. The minimum Gasteiger partial charge on any atom is -0.381 e. The zero-order valence-corrected chi connectivity index (χ0v) is 19.7. The van der Waals surface area contributed by atoms with Crippen molar-refractivity contribution in [2.24, 2.45) is 0 Å². The van der Waals surface area contributed by atoms with E-state index in [1.165, 1.54) is 6.07 Å². The van der Waals surface area contributed by atoms with Crippen molar-refractivity contribution in [2.75, 3.05) is 37.9 Å². The summed E-state index contributed by atoms with van der Waals surface area (Å²) in [5, 5.41) is 8.40. The van der Waals surface area contributed by atoms with E-state index in [1.54, 1.807) is 6.92 Å². The maximum atomic E-state index is 15.1. The van der Waals surface area contributed by atoms with Crippen molar-refractivity contribution in [2.45, 2.75) is 58.0 Å². The maximum absolute atomic E-state index is 15.1. The van der Waals surface area contributed by atoms with Gasteiger partial charge in [0.25, 0.3) is 5.89 Å². The normalized spacial score (nSPS) is 18.2. The molecular weight excluding hydrogens is 440 g/mol. The number of nitrogens with zero attached hydrogens (tertiary/aromatic N) is 4. The summed E-state index contributed by atoms with van der Waals surface area (Å²) >= 11 is 0. The number of rotatable bonds is 6. The summed E-state index contributed by atoms with van der Waals surface area (Å²) in [6.45, 7) is 6.37. The van der Waals surface area contributed by atoms with Crippen molar-refractivity contribution < 1.29 is 18.0 Å². The molecule has 0 unspecified atom stereocenters. The molecule has 0 saturated carbocycles. The molecule has 9 heteroatoms. The van der Waals surface area contributed by atoms with Crippen molar-refractivity contribution in [1.29, 1.82) is 0 Å². The summed E-state index contributed by atoms with van der Waals surface area (Å²) < 4.78 is 39.0. The molecule has 182 valence electrons. The van der Waals surface area contributed by atoms with Crippen molar-refractivity contribution in [3.05, 3.63) is 34.9 Å². The van der Waals surface area contributed by atoms with E-state index in [2.05, 4.69) is 20.4 Å². The molecular formula is C25H31F2N5O2. The Morgan fingerprint density at radius 2 is 1.79 bits per heavy atom. The Kier molecular flexibility index (Phi) is 6.74. The fourth-order valence-corrected chi connectivity index (χ4v) is 5.11. The van der Waals surface area contributed by atoms with Gasteiger partial charge in [-0.3, -0.25) is 4.39 Å². The van der Waals surface area contributed by atoms with Crippen LogP contribution in [0.4, 0.5) is 14.6 Å². The quantitative estimate of drug-likeness (QED) is 0.575. The molecule has 0 aliphatic carbocycles. The number of anilines is 1. The number of piperidine rings is 1. The molecule has 2 fully saturated rings. The molecule has 5 rings (SSSR count). The molecule has 0 atom stereocenters. The van der Waals surface area contributed by atoms with Crippen LogP contribution < -0.4 is 10.2 Å². The van der Waals surface area contributed by atoms with Crippen LogP contribution in [0.15, 0.2) is 16.7 Å². The number of benzene rings is 1. The zero-order chi connectivity index (χ0) is 23.7. The topological polar surface area (TPSA) is 76.3 Å². The lowest BCUT2D eigenvalue weighted by atomic mass is 9.98. The van der Waals surface area contributed by atoms with E-state index in [0.29, 0.717) is 40.6 Å². The Bertz CT molecular complexity index is 1150. The van der Waals surface area contributed by atoms with E-state index in [4.69, 9.17) is 14.2 Å². The van der Waals surface area contributed by atoms with Crippen molar-refractivity contribution >= 4 is 16.7 Å². The molecule has 34 heavy (non-hydrogen) atoms. The van der Waals surface area contributed by atoms with E-state index < -0.39 is 12.5 Å². The molecule has 2 aromatic heterocycles. The van der Waals surface area contributed by atoms with Crippen molar-refractivity contribution in [1.82, 2.24) is 20.4 Å². The highest BCUT2D eigenvalue weighted by molar-refractivity contribution is 5.93. The number of hydrogen-bond donors (Lipinski definition) is 1. The summed E-state index contributed by atoms with van der Waals surface area (Å²) in [4.78, 5) is 11.4. The number of nitrogens with one attached hydrogen (secondary N) is 1. The highest BCUT2D eigenvalue weighted by Gasteiger charge is 2.28. The van der Waals surface area contributed by atoms with Gasteiger partial charge in [0.05, 0.1) is 12.2 Å². The van der Waals surface area contributed by atoms with Crippen LogP contribution in [-0.4, -0.2) is 60.2 Å². The minimum absolute atomic E-state index is 0.163. The first-order valence-corrected chi connectivity index (χ1v) is 12.1.